The highest BCUT2D eigenvalue weighted by Crippen LogP contribution is 2.22. The summed E-state index contributed by atoms with van der Waals surface area (Å²) in [6.45, 7) is 9.45. The minimum Gasteiger partial charge on any atom is -0.316 e. The molecule has 1 unspecified atom stereocenters. The lowest BCUT2D eigenvalue weighted by Crippen LogP contribution is -2.37. The molecule has 1 aliphatic heterocycles. The van der Waals surface area contributed by atoms with Gasteiger partial charge in [0, 0.05) is 0 Å². The third-order valence-electron chi connectivity index (χ3n) is 2.55. The van der Waals surface area contributed by atoms with E-state index in [1.165, 1.54) is 19.5 Å². The Labute approximate surface area is 71.6 Å². The highest BCUT2D eigenvalue weighted by molar-refractivity contribution is 4.75. The molecule has 1 N–H and O–H groups in total. The van der Waals surface area contributed by atoms with Gasteiger partial charge in [-0.2, -0.15) is 0 Å². The molecule has 0 aromatic carbocycles. The van der Waals surface area contributed by atoms with Crippen LogP contribution in [0.15, 0.2) is 0 Å². The van der Waals surface area contributed by atoms with Crippen LogP contribution in [0.4, 0.5) is 0 Å². The van der Waals surface area contributed by atoms with Crippen LogP contribution in [-0.2, 0) is 0 Å². The Kier molecular flexibility index (Phi) is 4.74. The maximum Gasteiger partial charge on any atom is -0.00178 e. The van der Waals surface area contributed by atoms with Crippen molar-refractivity contribution < 1.29 is 0 Å². The monoisotopic (exact) mass is 157 g/mol. The van der Waals surface area contributed by atoms with E-state index in [0.29, 0.717) is 0 Å². The van der Waals surface area contributed by atoms with Crippen LogP contribution in [0, 0.1) is 17.8 Å². The molecule has 0 amide bonds. The summed E-state index contributed by atoms with van der Waals surface area (Å²) in [6, 6.07) is 0. The van der Waals surface area contributed by atoms with E-state index in [-0.39, 0.29) is 7.43 Å². The lowest BCUT2D eigenvalue weighted by molar-refractivity contribution is 0.244. The van der Waals surface area contributed by atoms with Crippen LogP contribution in [0.1, 0.15) is 34.6 Å². The zero-order valence-corrected chi connectivity index (χ0v) is 7.35. The van der Waals surface area contributed by atoms with Crippen molar-refractivity contribution >= 4 is 0 Å². The molecule has 1 rings (SSSR count). The first kappa shape index (κ1) is 11.0. The van der Waals surface area contributed by atoms with Crippen molar-refractivity contribution in [1.29, 1.82) is 0 Å². The second-order valence-corrected chi connectivity index (χ2v) is 4.00. The van der Waals surface area contributed by atoms with Crippen LogP contribution in [0.2, 0.25) is 0 Å². The van der Waals surface area contributed by atoms with Gasteiger partial charge in [-0.15, -0.1) is 0 Å². The molecule has 0 aliphatic carbocycles. The molecule has 11 heavy (non-hydrogen) atoms. The fourth-order valence-corrected chi connectivity index (χ4v) is 1.71. The zero-order valence-electron chi connectivity index (χ0n) is 7.35. The Morgan fingerprint density at radius 1 is 1.27 bits per heavy atom. The van der Waals surface area contributed by atoms with Crippen molar-refractivity contribution in [2.24, 2.45) is 17.8 Å². The van der Waals surface area contributed by atoms with Gasteiger partial charge >= 0.3 is 0 Å². The van der Waals surface area contributed by atoms with Gasteiger partial charge in [0.2, 0.25) is 0 Å². The van der Waals surface area contributed by atoms with Gasteiger partial charge in [-0.3, -0.25) is 0 Å². The SMILES string of the molecule is C.CC(C)C1CNC[C@@H](C)C1. The summed E-state index contributed by atoms with van der Waals surface area (Å²) in [6.07, 6.45) is 1.42. The molecule has 1 aliphatic rings. The number of rotatable bonds is 1. The predicted octanol–water partition coefficient (Wildman–Crippen LogP) is 2.52. The molecule has 0 aromatic heterocycles. The van der Waals surface area contributed by atoms with Gasteiger partial charge in [0.1, 0.15) is 0 Å². The van der Waals surface area contributed by atoms with E-state index in [0.717, 1.165) is 17.8 Å². The molecule has 68 valence electrons. The number of hydrogen-bond acceptors (Lipinski definition) is 1. The molecule has 1 heteroatoms. The van der Waals surface area contributed by atoms with E-state index in [4.69, 9.17) is 0 Å². The largest absolute Gasteiger partial charge is 0.316 e. The number of hydrogen-bond donors (Lipinski definition) is 1. The normalized spacial score (nSPS) is 31.6. The molecule has 2 atom stereocenters. The maximum atomic E-state index is 3.47. The van der Waals surface area contributed by atoms with Gasteiger partial charge in [0.05, 0.1) is 0 Å². The molecule has 0 saturated carbocycles. The Balaban J connectivity index is 0.000001000. The Bertz CT molecular complexity index is 99.0. The summed E-state index contributed by atoms with van der Waals surface area (Å²) in [4.78, 5) is 0. The topological polar surface area (TPSA) is 12.0 Å². The van der Waals surface area contributed by atoms with Gasteiger partial charge in [-0.05, 0) is 37.3 Å². The van der Waals surface area contributed by atoms with Crippen molar-refractivity contribution in [1.82, 2.24) is 5.32 Å². The van der Waals surface area contributed by atoms with Crippen LogP contribution in [0.5, 0.6) is 0 Å². The van der Waals surface area contributed by atoms with Gasteiger partial charge in [-0.1, -0.05) is 28.2 Å². The average Bonchev–Trinajstić information content (AvgIpc) is 1.88. The van der Waals surface area contributed by atoms with Crippen molar-refractivity contribution in [2.45, 2.75) is 34.6 Å². The van der Waals surface area contributed by atoms with Gasteiger partial charge in [-0.25, -0.2) is 0 Å². The first-order valence-electron chi connectivity index (χ1n) is 4.41. The molecule has 0 radical (unpaired) electrons. The van der Waals surface area contributed by atoms with Crippen molar-refractivity contribution in [2.75, 3.05) is 13.1 Å². The van der Waals surface area contributed by atoms with Gasteiger partial charge in [0.25, 0.3) is 0 Å². The molecular formula is C10H23N. The first-order valence-corrected chi connectivity index (χ1v) is 4.41. The van der Waals surface area contributed by atoms with Gasteiger partial charge < -0.3 is 5.32 Å². The minimum atomic E-state index is 0. The van der Waals surface area contributed by atoms with Crippen molar-refractivity contribution in [3.63, 3.8) is 0 Å². The molecule has 0 spiro atoms. The lowest BCUT2D eigenvalue weighted by Gasteiger charge is -2.30. The third kappa shape index (κ3) is 3.24. The molecule has 1 heterocycles. The van der Waals surface area contributed by atoms with Crippen LogP contribution in [-0.4, -0.2) is 13.1 Å². The van der Waals surface area contributed by atoms with E-state index in [9.17, 15) is 0 Å². The average molecular weight is 157 g/mol. The van der Waals surface area contributed by atoms with E-state index in [2.05, 4.69) is 26.1 Å². The Morgan fingerprint density at radius 2 is 1.91 bits per heavy atom. The molecule has 0 aromatic rings. The van der Waals surface area contributed by atoms with Crippen LogP contribution in [0.3, 0.4) is 0 Å². The standard InChI is InChI=1S/C9H19N.CH4/c1-7(2)9-4-8(3)5-10-6-9;/h7-10H,4-6H2,1-3H3;1H4/t8-,9?;/m0./s1. The van der Waals surface area contributed by atoms with Crippen LogP contribution < -0.4 is 5.32 Å². The summed E-state index contributed by atoms with van der Waals surface area (Å²) >= 11 is 0. The molecule has 0 bridgehead atoms. The third-order valence-corrected chi connectivity index (χ3v) is 2.55. The highest BCUT2D eigenvalue weighted by Gasteiger charge is 2.20. The van der Waals surface area contributed by atoms with Crippen LogP contribution >= 0.6 is 0 Å². The Hall–Kier alpha value is -0.0400. The zero-order chi connectivity index (χ0) is 7.56. The van der Waals surface area contributed by atoms with E-state index in [1.807, 2.05) is 0 Å². The minimum absolute atomic E-state index is 0. The summed E-state index contributed by atoms with van der Waals surface area (Å²) in [7, 11) is 0. The fraction of sp³-hybridized carbons (Fsp3) is 1.00. The van der Waals surface area contributed by atoms with E-state index >= 15 is 0 Å². The second-order valence-electron chi connectivity index (χ2n) is 4.00. The smallest absolute Gasteiger partial charge is 0.00178 e. The summed E-state index contributed by atoms with van der Waals surface area (Å²) < 4.78 is 0. The summed E-state index contributed by atoms with van der Waals surface area (Å²) in [5.74, 6) is 2.67. The van der Waals surface area contributed by atoms with E-state index < -0.39 is 0 Å². The second kappa shape index (κ2) is 4.76. The number of piperidine rings is 1. The van der Waals surface area contributed by atoms with Crippen LogP contribution in [0.25, 0.3) is 0 Å². The van der Waals surface area contributed by atoms with Gasteiger partial charge in [0.15, 0.2) is 0 Å². The fourth-order valence-electron chi connectivity index (χ4n) is 1.71. The predicted molar refractivity (Wildman–Crippen MR) is 51.7 cm³/mol. The quantitative estimate of drug-likeness (QED) is 0.617. The number of nitrogens with one attached hydrogen (secondary N) is 1. The summed E-state index contributed by atoms with van der Waals surface area (Å²) in [5, 5.41) is 3.47. The van der Waals surface area contributed by atoms with Crippen molar-refractivity contribution in [3.05, 3.63) is 0 Å². The first-order chi connectivity index (χ1) is 4.70. The molecule has 1 nitrogen and oxygen atoms in total. The van der Waals surface area contributed by atoms with E-state index in [1.54, 1.807) is 0 Å². The molecule has 1 saturated heterocycles. The molecule has 1 fully saturated rings. The lowest BCUT2D eigenvalue weighted by atomic mass is 9.84. The molecular weight excluding hydrogens is 134 g/mol. The Morgan fingerprint density at radius 3 is 2.27 bits per heavy atom. The van der Waals surface area contributed by atoms with Crippen molar-refractivity contribution in [3.8, 4) is 0 Å². The highest BCUT2D eigenvalue weighted by atomic mass is 14.9. The summed E-state index contributed by atoms with van der Waals surface area (Å²) in [5.41, 5.74) is 0. The maximum absolute atomic E-state index is 3.47.